The van der Waals surface area contributed by atoms with Crippen LogP contribution in [0.15, 0.2) is 30.0 Å². The highest BCUT2D eigenvalue weighted by Gasteiger charge is 2.10. The van der Waals surface area contributed by atoms with Crippen LogP contribution in [0.3, 0.4) is 0 Å². The zero-order valence-corrected chi connectivity index (χ0v) is 12.4. The van der Waals surface area contributed by atoms with Crippen molar-refractivity contribution in [1.29, 1.82) is 0 Å². The molecule has 1 heterocycles. The maximum absolute atomic E-state index is 11.8. The van der Waals surface area contributed by atoms with Gasteiger partial charge in [-0.1, -0.05) is 11.6 Å². The van der Waals surface area contributed by atoms with E-state index in [0.717, 1.165) is 18.7 Å². The molecule has 0 saturated heterocycles. The van der Waals surface area contributed by atoms with E-state index >= 15 is 0 Å². The highest BCUT2D eigenvalue weighted by Crippen LogP contribution is 2.20. The quantitative estimate of drug-likeness (QED) is 0.839. The second-order valence-corrected chi connectivity index (χ2v) is 5.41. The van der Waals surface area contributed by atoms with E-state index in [2.05, 4.69) is 16.4 Å². The van der Waals surface area contributed by atoms with Gasteiger partial charge in [-0.2, -0.15) is 0 Å². The largest absolute Gasteiger partial charge is 0.385 e. The molecule has 0 bridgehead atoms. The molecule has 1 aromatic rings. The first-order chi connectivity index (χ1) is 9.66. The van der Waals surface area contributed by atoms with E-state index in [4.69, 9.17) is 0 Å². The van der Waals surface area contributed by atoms with Gasteiger partial charge < -0.3 is 10.2 Å². The minimum atomic E-state index is -0.0661. The first-order valence-electron chi connectivity index (χ1n) is 7.26. The van der Waals surface area contributed by atoms with Gasteiger partial charge in [0.2, 0.25) is 0 Å². The molecule has 0 spiro atoms. The van der Waals surface area contributed by atoms with Crippen LogP contribution in [0.4, 0.5) is 5.69 Å². The van der Waals surface area contributed by atoms with Gasteiger partial charge in [-0.3, -0.25) is 9.78 Å². The monoisotopic (exact) mass is 273 g/mol. The molecule has 0 atom stereocenters. The second-order valence-electron chi connectivity index (χ2n) is 5.41. The number of carbonyl (C=O) groups excluding carboxylic acids is 1. The van der Waals surface area contributed by atoms with Gasteiger partial charge in [0.25, 0.3) is 5.91 Å². The minimum absolute atomic E-state index is 0.0661. The summed E-state index contributed by atoms with van der Waals surface area (Å²) in [4.78, 5) is 17.5. The summed E-state index contributed by atoms with van der Waals surface area (Å²) in [6.07, 6.45) is 10.3. The number of anilines is 1. The topological polar surface area (TPSA) is 45.2 Å². The fraction of sp³-hybridized carbons (Fsp3) is 0.500. The maximum Gasteiger partial charge on any atom is 0.272 e. The first kappa shape index (κ1) is 14.6. The Kier molecular flexibility index (Phi) is 5.16. The summed E-state index contributed by atoms with van der Waals surface area (Å²) in [5.74, 6) is -0.0661. The van der Waals surface area contributed by atoms with Crippen molar-refractivity contribution in [3.8, 4) is 0 Å². The molecular formula is C16H23N3O. The summed E-state index contributed by atoms with van der Waals surface area (Å²) in [5.41, 5.74) is 3.00. The van der Waals surface area contributed by atoms with Crippen molar-refractivity contribution in [2.75, 3.05) is 26.0 Å². The van der Waals surface area contributed by atoms with E-state index in [-0.39, 0.29) is 5.91 Å². The van der Waals surface area contributed by atoms with Crippen LogP contribution in [0.5, 0.6) is 0 Å². The molecule has 1 aliphatic carbocycles. The smallest absolute Gasteiger partial charge is 0.272 e. The molecule has 4 heteroatoms. The minimum Gasteiger partial charge on any atom is -0.385 e. The molecule has 20 heavy (non-hydrogen) atoms. The van der Waals surface area contributed by atoms with Gasteiger partial charge >= 0.3 is 0 Å². The van der Waals surface area contributed by atoms with Crippen molar-refractivity contribution >= 4 is 11.6 Å². The van der Waals surface area contributed by atoms with Crippen molar-refractivity contribution in [1.82, 2.24) is 9.88 Å². The molecule has 108 valence electrons. The third kappa shape index (κ3) is 4.08. The van der Waals surface area contributed by atoms with Crippen LogP contribution in [0.25, 0.3) is 0 Å². The van der Waals surface area contributed by atoms with Crippen molar-refractivity contribution in [2.45, 2.75) is 32.1 Å². The van der Waals surface area contributed by atoms with Crippen LogP contribution in [0, 0.1) is 0 Å². The fourth-order valence-corrected chi connectivity index (χ4v) is 2.39. The van der Waals surface area contributed by atoms with Crippen molar-refractivity contribution in [3.05, 3.63) is 35.7 Å². The number of aromatic nitrogens is 1. The van der Waals surface area contributed by atoms with E-state index in [0.29, 0.717) is 5.69 Å². The summed E-state index contributed by atoms with van der Waals surface area (Å²) < 4.78 is 0. The third-order valence-electron chi connectivity index (χ3n) is 3.55. The average molecular weight is 273 g/mol. The standard InChI is InChI=1S/C16H23N3O/c1-19(2)16(20)15-12-14(9-11-18-15)17-10-8-13-6-4-3-5-7-13/h6,9,11-12H,3-5,7-8,10H2,1-2H3,(H,17,18). The van der Waals surface area contributed by atoms with Crippen molar-refractivity contribution < 1.29 is 4.79 Å². The number of allylic oxidation sites excluding steroid dienone is 1. The number of rotatable bonds is 5. The Balaban J connectivity index is 1.88. The van der Waals surface area contributed by atoms with E-state index in [1.165, 1.54) is 25.7 Å². The highest BCUT2D eigenvalue weighted by molar-refractivity contribution is 5.92. The Morgan fingerprint density at radius 3 is 2.95 bits per heavy atom. The molecule has 0 aliphatic heterocycles. The molecule has 1 amide bonds. The van der Waals surface area contributed by atoms with Gasteiger partial charge in [-0.25, -0.2) is 0 Å². The van der Waals surface area contributed by atoms with Crippen LogP contribution in [-0.4, -0.2) is 36.4 Å². The molecule has 1 aliphatic rings. The third-order valence-corrected chi connectivity index (χ3v) is 3.55. The van der Waals surface area contributed by atoms with Crippen molar-refractivity contribution in [3.63, 3.8) is 0 Å². The average Bonchev–Trinajstić information content (AvgIpc) is 2.48. The Hall–Kier alpha value is -1.84. The van der Waals surface area contributed by atoms with Crippen LogP contribution in [0.1, 0.15) is 42.6 Å². The number of carbonyl (C=O) groups is 1. The lowest BCUT2D eigenvalue weighted by Crippen LogP contribution is -2.22. The zero-order chi connectivity index (χ0) is 14.4. The number of nitrogens with zero attached hydrogens (tertiary/aromatic N) is 2. The molecule has 0 radical (unpaired) electrons. The molecular weight excluding hydrogens is 250 g/mol. The summed E-state index contributed by atoms with van der Waals surface area (Å²) in [6, 6.07) is 3.72. The van der Waals surface area contributed by atoms with Crippen LogP contribution >= 0.6 is 0 Å². The van der Waals surface area contributed by atoms with Gasteiger partial charge in [-0.15, -0.1) is 0 Å². The maximum atomic E-state index is 11.8. The van der Waals surface area contributed by atoms with E-state index < -0.39 is 0 Å². The molecule has 0 saturated carbocycles. The van der Waals surface area contributed by atoms with Gasteiger partial charge in [0.15, 0.2) is 0 Å². The van der Waals surface area contributed by atoms with Gasteiger partial charge in [0.1, 0.15) is 5.69 Å². The molecule has 1 aromatic heterocycles. The first-order valence-corrected chi connectivity index (χ1v) is 7.26. The lowest BCUT2D eigenvalue weighted by Gasteiger charge is -2.14. The number of amides is 1. The van der Waals surface area contributed by atoms with Crippen LogP contribution in [-0.2, 0) is 0 Å². The number of hydrogen-bond acceptors (Lipinski definition) is 3. The number of hydrogen-bond donors (Lipinski definition) is 1. The highest BCUT2D eigenvalue weighted by atomic mass is 16.2. The van der Waals surface area contributed by atoms with Gasteiger partial charge in [-0.05, 0) is 44.2 Å². The number of nitrogens with one attached hydrogen (secondary N) is 1. The molecule has 1 N–H and O–H groups in total. The Bertz CT molecular complexity index is 494. The van der Waals surface area contributed by atoms with Crippen LogP contribution in [0.2, 0.25) is 0 Å². The van der Waals surface area contributed by atoms with Gasteiger partial charge in [0.05, 0.1) is 0 Å². The normalized spacial score (nSPS) is 14.6. The summed E-state index contributed by atoms with van der Waals surface area (Å²) in [7, 11) is 3.47. The predicted octanol–water partition coefficient (Wildman–Crippen LogP) is 3.09. The van der Waals surface area contributed by atoms with E-state index in [1.807, 2.05) is 12.1 Å². The zero-order valence-electron chi connectivity index (χ0n) is 12.4. The van der Waals surface area contributed by atoms with Crippen LogP contribution < -0.4 is 5.32 Å². The molecule has 4 nitrogen and oxygen atoms in total. The lowest BCUT2D eigenvalue weighted by molar-refractivity contribution is 0.0822. The summed E-state index contributed by atoms with van der Waals surface area (Å²) >= 11 is 0. The lowest BCUT2D eigenvalue weighted by atomic mass is 9.97. The Labute approximate surface area is 120 Å². The number of pyridine rings is 1. The molecule has 0 unspecified atom stereocenters. The fourth-order valence-electron chi connectivity index (χ4n) is 2.39. The Morgan fingerprint density at radius 1 is 1.40 bits per heavy atom. The molecule has 0 fully saturated rings. The second kappa shape index (κ2) is 7.08. The van der Waals surface area contributed by atoms with Crippen molar-refractivity contribution in [2.24, 2.45) is 0 Å². The van der Waals surface area contributed by atoms with Gasteiger partial charge in [0, 0.05) is 32.5 Å². The predicted molar refractivity (Wildman–Crippen MR) is 81.9 cm³/mol. The van der Waals surface area contributed by atoms with E-state index in [9.17, 15) is 4.79 Å². The molecule has 0 aromatic carbocycles. The summed E-state index contributed by atoms with van der Waals surface area (Å²) in [5, 5.41) is 3.37. The SMILES string of the molecule is CN(C)C(=O)c1cc(NCCC2=CCCCC2)ccn1. The summed E-state index contributed by atoms with van der Waals surface area (Å²) in [6.45, 7) is 0.908. The molecule has 2 rings (SSSR count). The van der Waals surface area contributed by atoms with E-state index in [1.54, 1.807) is 30.8 Å². The Morgan fingerprint density at radius 2 is 2.25 bits per heavy atom.